The predicted molar refractivity (Wildman–Crippen MR) is 71.0 cm³/mol. The number of carbonyl (C=O) groups excluding carboxylic acids is 1. The summed E-state index contributed by atoms with van der Waals surface area (Å²) >= 11 is 5.49. The summed E-state index contributed by atoms with van der Waals surface area (Å²) in [5, 5.41) is -0.432. The van der Waals surface area contributed by atoms with Crippen LogP contribution in [0.4, 0.5) is 0 Å². The minimum absolute atomic E-state index is 0.432. The fourth-order valence-corrected chi connectivity index (χ4v) is 1.83. The monoisotopic (exact) mass is 254 g/mol. The molecule has 0 saturated heterocycles. The molecule has 0 fully saturated rings. The number of aryl methyl sites for hydroxylation is 1. The summed E-state index contributed by atoms with van der Waals surface area (Å²) in [6.07, 6.45) is 4.69. The fraction of sp³-hybridized carbons (Fsp3) is 0.500. The van der Waals surface area contributed by atoms with Crippen molar-refractivity contribution in [1.82, 2.24) is 0 Å². The highest BCUT2D eigenvalue weighted by Gasteiger charge is 2.07. The van der Waals surface area contributed by atoms with Gasteiger partial charge in [0.2, 0.25) is 0 Å². The van der Waals surface area contributed by atoms with Gasteiger partial charge in [-0.1, -0.05) is 32.3 Å². The van der Waals surface area contributed by atoms with Crippen LogP contribution in [-0.4, -0.2) is 11.8 Å². The van der Waals surface area contributed by atoms with Crippen LogP contribution in [0.5, 0.6) is 5.75 Å². The first-order valence-corrected chi connectivity index (χ1v) is 6.46. The first-order chi connectivity index (χ1) is 8.15. The lowest BCUT2D eigenvalue weighted by Gasteiger charge is -2.08. The van der Waals surface area contributed by atoms with Crippen molar-refractivity contribution in [3.63, 3.8) is 0 Å². The second-order valence-corrected chi connectivity index (χ2v) is 4.50. The van der Waals surface area contributed by atoms with Crippen LogP contribution >= 0.6 is 11.6 Å². The summed E-state index contributed by atoms with van der Waals surface area (Å²) in [5.41, 5.74) is 1.40. The van der Waals surface area contributed by atoms with Crippen LogP contribution < -0.4 is 4.74 Å². The summed E-state index contributed by atoms with van der Waals surface area (Å²) in [4.78, 5) is 11.1. The van der Waals surface area contributed by atoms with Gasteiger partial charge in [0.1, 0.15) is 5.75 Å². The van der Waals surface area contributed by atoms with Crippen molar-refractivity contribution < 1.29 is 9.53 Å². The lowest BCUT2D eigenvalue weighted by atomic mass is 10.1. The van der Waals surface area contributed by atoms with Crippen LogP contribution in [0, 0.1) is 6.92 Å². The first-order valence-electron chi connectivity index (χ1n) is 6.08. The van der Waals surface area contributed by atoms with Gasteiger partial charge in [-0.3, -0.25) is 4.79 Å². The van der Waals surface area contributed by atoms with Crippen LogP contribution in [-0.2, 0) is 0 Å². The molecule has 0 spiro atoms. The molecule has 1 aromatic carbocycles. The van der Waals surface area contributed by atoms with E-state index in [9.17, 15) is 4.79 Å². The lowest BCUT2D eigenvalue weighted by molar-refractivity contribution is 0.108. The van der Waals surface area contributed by atoms with Gasteiger partial charge in [-0.05, 0) is 42.6 Å². The Morgan fingerprint density at radius 2 is 2.06 bits per heavy atom. The fourth-order valence-electron chi connectivity index (χ4n) is 1.62. The van der Waals surface area contributed by atoms with Crippen LogP contribution in [0.1, 0.15) is 48.5 Å². The highest BCUT2D eigenvalue weighted by atomic mass is 35.5. The minimum atomic E-state index is -0.432. The summed E-state index contributed by atoms with van der Waals surface area (Å²) < 4.78 is 5.59. The molecule has 0 aliphatic heterocycles. The van der Waals surface area contributed by atoms with E-state index in [1.165, 1.54) is 19.3 Å². The number of hydrogen-bond acceptors (Lipinski definition) is 2. The number of hydrogen-bond donors (Lipinski definition) is 0. The zero-order valence-corrected chi connectivity index (χ0v) is 11.2. The number of unbranched alkanes of at least 4 members (excludes halogenated alkanes) is 3. The Labute approximate surface area is 108 Å². The zero-order chi connectivity index (χ0) is 12.7. The van der Waals surface area contributed by atoms with E-state index in [4.69, 9.17) is 16.3 Å². The Balaban J connectivity index is 2.49. The molecule has 94 valence electrons. The molecule has 2 nitrogen and oxygen atoms in total. The van der Waals surface area contributed by atoms with E-state index in [1.54, 1.807) is 6.07 Å². The number of carbonyl (C=O) groups is 1. The van der Waals surface area contributed by atoms with Gasteiger partial charge < -0.3 is 4.74 Å². The van der Waals surface area contributed by atoms with E-state index in [-0.39, 0.29) is 0 Å². The molecule has 0 radical (unpaired) electrons. The standard InChI is InChI=1S/C14H19ClO2/c1-3-4-5-6-9-17-12-8-7-11(2)13(10-12)14(15)16/h7-8,10H,3-6,9H2,1-2H3. The van der Waals surface area contributed by atoms with E-state index in [0.29, 0.717) is 12.2 Å². The van der Waals surface area contributed by atoms with Crippen molar-refractivity contribution >= 4 is 16.8 Å². The summed E-state index contributed by atoms with van der Waals surface area (Å²) in [6.45, 7) is 4.73. The first kappa shape index (κ1) is 14.0. The van der Waals surface area contributed by atoms with E-state index in [1.807, 2.05) is 19.1 Å². The normalized spacial score (nSPS) is 10.3. The lowest BCUT2D eigenvalue weighted by Crippen LogP contribution is -2.00. The molecule has 0 N–H and O–H groups in total. The maximum atomic E-state index is 11.1. The van der Waals surface area contributed by atoms with Crippen molar-refractivity contribution in [2.75, 3.05) is 6.61 Å². The third kappa shape index (κ3) is 4.78. The quantitative estimate of drug-likeness (QED) is 0.535. The van der Waals surface area contributed by atoms with Crippen LogP contribution in [0.2, 0.25) is 0 Å². The topological polar surface area (TPSA) is 26.3 Å². The Kier molecular flexibility index (Phi) is 6.06. The second-order valence-electron chi connectivity index (χ2n) is 4.16. The summed E-state index contributed by atoms with van der Waals surface area (Å²) in [6, 6.07) is 5.44. The molecule has 0 unspecified atom stereocenters. The van der Waals surface area contributed by atoms with Gasteiger partial charge in [0, 0.05) is 5.56 Å². The average Bonchev–Trinajstić information content (AvgIpc) is 2.30. The third-order valence-electron chi connectivity index (χ3n) is 2.69. The maximum absolute atomic E-state index is 11.1. The zero-order valence-electron chi connectivity index (χ0n) is 10.5. The highest BCUT2D eigenvalue weighted by molar-refractivity contribution is 6.67. The van der Waals surface area contributed by atoms with E-state index >= 15 is 0 Å². The third-order valence-corrected chi connectivity index (χ3v) is 2.89. The molecule has 1 aromatic rings. The molecule has 0 heterocycles. The Bertz CT molecular complexity index is 374. The van der Waals surface area contributed by atoms with Crippen molar-refractivity contribution in [2.24, 2.45) is 0 Å². The molecule has 0 bridgehead atoms. The maximum Gasteiger partial charge on any atom is 0.252 e. The molecule has 17 heavy (non-hydrogen) atoms. The van der Waals surface area contributed by atoms with Gasteiger partial charge >= 0.3 is 0 Å². The summed E-state index contributed by atoms with van der Waals surface area (Å²) in [7, 11) is 0. The number of rotatable bonds is 7. The molecular weight excluding hydrogens is 236 g/mol. The van der Waals surface area contributed by atoms with E-state index in [0.717, 1.165) is 17.7 Å². The Hall–Kier alpha value is -1.02. The highest BCUT2D eigenvalue weighted by Crippen LogP contribution is 2.19. The van der Waals surface area contributed by atoms with Crippen LogP contribution in [0.15, 0.2) is 18.2 Å². The van der Waals surface area contributed by atoms with Crippen molar-refractivity contribution in [1.29, 1.82) is 0 Å². The molecule has 0 aromatic heterocycles. The molecule has 0 amide bonds. The molecule has 0 aliphatic carbocycles. The molecule has 0 aliphatic rings. The van der Waals surface area contributed by atoms with Crippen molar-refractivity contribution in [2.45, 2.75) is 39.5 Å². The Morgan fingerprint density at radius 3 is 2.71 bits per heavy atom. The molecule has 3 heteroatoms. The average molecular weight is 255 g/mol. The van der Waals surface area contributed by atoms with Gasteiger partial charge in [0.15, 0.2) is 0 Å². The predicted octanol–water partition coefficient (Wildman–Crippen LogP) is 4.33. The van der Waals surface area contributed by atoms with Crippen LogP contribution in [0.3, 0.4) is 0 Å². The number of benzene rings is 1. The second kappa shape index (κ2) is 7.33. The number of ether oxygens (including phenoxy) is 1. The van der Waals surface area contributed by atoms with Gasteiger partial charge in [0.25, 0.3) is 5.24 Å². The van der Waals surface area contributed by atoms with Gasteiger partial charge in [-0.25, -0.2) is 0 Å². The molecular formula is C14H19ClO2. The molecule has 0 saturated carbocycles. The van der Waals surface area contributed by atoms with Gasteiger partial charge in [-0.15, -0.1) is 0 Å². The SMILES string of the molecule is CCCCCCOc1ccc(C)c(C(=O)Cl)c1. The Morgan fingerprint density at radius 1 is 1.29 bits per heavy atom. The van der Waals surface area contributed by atoms with Crippen LogP contribution in [0.25, 0.3) is 0 Å². The summed E-state index contributed by atoms with van der Waals surface area (Å²) in [5.74, 6) is 0.719. The van der Waals surface area contributed by atoms with E-state index < -0.39 is 5.24 Å². The van der Waals surface area contributed by atoms with Crippen molar-refractivity contribution in [3.8, 4) is 5.75 Å². The largest absolute Gasteiger partial charge is 0.494 e. The molecule has 1 rings (SSSR count). The van der Waals surface area contributed by atoms with Crippen molar-refractivity contribution in [3.05, 3.63) is 29.3 Å². The minimum Gasteiger partial charge on any atom is -0.494 e. The van der Waals surface area contributed by atoms with E-state index in [2.05, 4.69) is 6.92 Å². The van der Waals surface area contributed by atoms with Gasteiger partial charge in [0.05, 0.1) is 6.61 Å². The smallest absolute Gasteiger partial charge is 0.252 e. The molecule has 0 atom stereocenters. The van der Waals surface area contributed by atoms with Gasteiger partial charge in [-0.2, -0.15) is 0 Å². The number of halogens is 1.